The van der Waals surface area contributed by atoms with Gasteiger partial charge in [0.05, 0.1) is 6.61 Å². The summed E-state index contributed by atoms with van der Waals surface area (Å²) in [6.07, 6.45) is 0.432. The molecule has 182 valence electrons. The van der Waals surface area contributed by atoms with Gasteiger partial charge in [0.1, 0.15) is 17.3 Å². The maximum atomic E-state index is 14.0. The van der Waals surface area contributed by atoms with Crippen LogP contribution in [0.4, 0.5) is 28.0 Å². The molecule has 1 atom stereocenters. The fraction of sp³-hybridized carbons (Fsp3) is 0.500. The van der Waals surface area contributed by atoms with Crippen LogP contribution in [0, 0.1) is 18.2 Å². The number of aromatic nitrogens is 1. The van der Waals surface area contributed by atoms with Gasteiger partial charge < -0.3 is 20.1 Å². The molecule has 2 heterocycles. The Morgan fingerprint density at radius 1 is 1.18 bits per heavy atom. The van der Waals surface area contributed by atoms with Crippen molar-refractivity contribution in [2.75, 3.05) is 11.9 Å². The molecular formula is C24H25F4N3O3. The molecule has 34 heavy (non-hydrogen) atoms. The van der Waals surface area contributed by atoms with Crippen molar-refractivity contribution in [3.8, 4) is 11.6 Å². The van der Waals surface area contributed by atoms with E-state index in [9.17, 15) is 22.4 Å². The fourth-order valence-corrected chi connectivity index (χ4v) is 5.13. The van der Waals surface area contributed by atoms with E-state index in [1.54, 1.807) is 19.1 Å². The van der Waals surface area contributed by atoms with Crippen molar-refractivity contribution in [2.45, 2.75) is 63.3 Å². The van der Waals surface area contributed by atoms with Gasteiger partial charge in [-0.15, -0.1) is 0 Å². The average molecular weight is 479 g/mol. The van der Waals surface area contributed by atoms with E-state index in [0.717, 1.165) is 31.0 Å². The second kappa shape index (κ2) is 8.11. The molecule has 1 aromatic carbocycles. The highest BCUT2D eigenvalue weighted by molar-refractivity contribution is 5.90. The number of rotatable bonds is 5. The van der Waals surface area contributed by atoms with Gasteiger partial charge in [0, 0.05) is 23.7 Å². The summed E-state index contributed by atoms with van der Waals surface area (Å²) in [7, 11) is 0. The zero-order valence-corrected chi connectivity index (χ0v) is 18.6. The fourth-order valence-electron chi connectivity index (χ4n) is 5.13. The number of nitrogens with zero attached hydrogens (tertiary/aromatic N) is 1. The van der Waals surface area contributed by atoms with E-state index >= 15 is 0 Å². The monoisotopic (exact) mass is 479 g/mol. The van der Waals surface area contributed by atoms with Crippen LogP contribution < -0.4 is 15.4 Å². The van der Waals surface area contributed by atoms with E-state index in [-0.39, 0.29) is 36.4 Å². The Bertz CT molecular complexity index is 1110. The third-order valence-corrected chi connectivity index (χ3v) is 7.20. The molecule has 3 fully saturated rings. The van der Waals surface area contributed by atoms with Gasteiger partial charge in [-0.2, -0.15) is 13.2 Å². The van der Waals surface area contributed by atoms with Crippen LogP contribution in [0.15, 0.2) is 30.3 Å². The number of halogens is 4. The van der Waals surface area contributed by atoms with Crippen LogP contribution in [-0.4, -0.2) is 29.8 Å². The predicted molar refractivity (Wildman–Crippen MR) is 115 cm³/mol. The first kappa shape index (κ1) is 22.9. The topological polar surface area (TPSA) is 72.5 Å². The van der Waals surface area contributed by atoms with Gasteiger partial charge in [0.2, 0.25) is 5.88 Å². The summed E-state index contributed by atoms with van der Waals surface area (Å²) >= 11 is 0. The van der Waals surface area contributed by atoms with Crippen molar-refractivity contribution in [1.29, 1.82) is 0 Å². The molecule has 1 spiro atoms. The quantitative estimate of drug-likeness (QED) is 0.520. The average Bonchev–Trinajstić information content (AvgIpc) is 2.65. The lowest BCUT2D eigenvalue weighted by molar-refractivity contribution is -0.333. The zero-order chi connectivity index (χ0) is 24.1. The maximum Gasteiger partial charge on any atom is 0.421 e. The van der Waals surface area contributed by atoms with Crippen LogP contribution in [-0.2, 0) is 10.3 Å². The molecule has 2 aliphatic carbocycles. The van der Waals surface area contributed by atoms with E-state index in [2.05, 4.69) is 15.6 Å². The lowest BCUT2D eigenvalue weighted by Gasteiger charge is -2.54. The smallest absolute Gasteiger partial charge is 0.421 e. The molecule has 2 amide bonds. The molecule has 2 saturated carbocycles. The molecule has 2 aromatic rings. The molecule has 5 rings (SSSR count). The SMILES string of the molecule is Cc1ccc(NC(=O)NC2CC3(CCC3)C2)c(Oc2ccc(F)cc2C2(C(F)(F)F)CCO2)n1. The Labute approximate surface area is 194 Å². The van der Waals surface area contributed by atoms with Gasteiger partial charge in [-0.25, -0.2) is 14.2 Å². The van der Waals surface area contributed by atoms with Crippen molar-refractivity contribution in [2.24, 2.45) is 5.41 Å². The van der Waals surface area contributed by atoms with Crippen LogP contribution in [0.25, 0.3) is 0 Å². The number of benzene rings is 1. The lowest BCUT2D eigenvalue weighted by atomic mass is 9.54. The molecule has 1 unspecified atom stereocenters. The number of pyridine rings is 1. The second-order valence-electron chi connectivity index (χ2n) is 9.53. The highest BCUT2D eigenvalue weighted by Gasteiger charge is 2.62. The normalized spacial score (nSPS) is 23.4. The third kappa shape index (κ3) is 3.97. The van der Waals surface area contributed by atoms with Crippen LogP contribution >= 0.6 is 0 Å². The van der Waals surface area contributed by atoms with E-state index in [4.69, 9.17) is 9.47 Å². The number of hydrogen-bond acceptors (Lipinski definition) is 4. The van der Waals surface area contributed by atoms with Crippen molar-refractivity contribution in [3.63, 3.8) is 0 Å². The molecule has 1 aliphatic heterocycles. The highest BCUT2D eigenvalue weighted by atomic mass is 19.4. The van der Waals surface area contributed by atoms with Crippen molar-refractivity contribution in [3.05, 3.63) is 47.4 Å². The highest BCUT2D eigenvalue weighted by Crippen LogP contribution is 2.56. The van der Waals surface area contributed by atoms with Crippen molar-refractivity contribution in [1.82, 2.24) is 10.3 Å². The van der Waals surface area contributed by atoms with E-state index in [1.807, 2.05) is 0 Å². The molecular weight excluding hydrogens is 454 g/mol. The summed E-state index contributed by atoms with van der Waals surface area (Å²) in [6, 6.07) is 5.74. The zero-order valence-electron chi connectivity index (χ0n) is 18.6. The summed E-state index contributed by atoms with van der Waals surface area (Å²) in [5, 5.41) is 5.61. The Morgan fingerprint density at radius 2 is 1.91 bits per heavy atom. The summed E-state index contributed by atoms with van der Waals surface area (Å²) in [4.78, 5) is 16.8. The van der Waals surface area contributed by atoms with Gasteiger partial charge in [-0.05, 0) is 68.4 Å². The standard InChI is InChI=1S/C24H25F4N3O3/c1-14-3-5-18(31-21(32)30-16-12-22(13-16)7-2-8-22)20(29-14)34-19-6-4-15(25)11-17(19)23(9-10-33-23)24(26,27)28/h3-6,11,16H,2,7-10,12-13H2,1H3,(H2,30,31,32). The first-order valence-electron chi connectivity index (χ1n) is 11.3. The molecule has 6 nitrogen and oxygen atoms in total. The number of anilines is 1. The number of alkyl halides is 3. The first-order valence-corrected chi connectivity index (χ1v) is 11.3. The molecule has 10 heteroatoms. The maximum absolute atomic E-state index is 14.0. The second-order valence-corrected chi connectivity index (χ2v) is 9.53. The number of nitrogens with one attached hydrogen (secondary N) is 2. The molecule has 3 aliphatic rings. The van der Waals surface area contributed by atoms with Crippen LogP contribution in [0.1, 0.15) is 49.8 Å². The van der Waals surface area contributed by atoms with Gasteiger partial charge in [-0.3, -0.25) is 0 Å². The van der Waals surface area contributed by atoms with Gasteiger partial charge >= 0.3 is 12.2 Å². The number of ether oxygens (including phenoxy) is 2. The number of aryl methyl sites for hydroxylation is 1. The molecule has 2 N–H and O–H groups in total. The summed E-state index contributed by atoms with van der Waals surface area (Å²) in [6.45, 7) is 1.58. The minimum absolute atomic E-state index is 0.0918. The Hall–Kier alpha value is -2.88. The van der Waals surface area contributed by atoms with Gasteiger partial charge in [0.15, 0.2) is 5.60 Å². The number of hydrogen-bond donors (Lipinski definition) is 2. The van der Waals surface area contributed by atoms with E-state index in [1.165, 1.54) is 19.3 Å². The van der Waals surface area contributed by atoms with E-state index < -0.39 is 29.2 Å². The summed E-state index contributed by atoms with van der Waals surface area (Å²) < 4.78 is 66.3. The number of carbonyl (C=O) groups excluding carboxylic acids is 1. The van der Waals surface area contributed by atoms with Gasteiger partial charge in [0.25, 0.3) is 0 Å². The van der Waals surface area contributed by atoms with E-state index in [0.29, 0.717) is 11.1 Å². The van der Waals surface area contributed by atoms with Crippen LogP contribution in [0.3, 0.4) is 0 Å². The van der Waals surface area contributed by atoms with Crippen LogP contribution in [0.2, 0.25) is 0 Å². The minimum atomic E-state index is -4.77. The van der Waals surface area contributed by atoms with Crippen molar-refractivity contribution >= 4 is 11.7 Å². The summed E-state index contributed by atoms with van der Waals surface area (Å²) in [5.74, 6) is -1.18. The van der Waals surface area contributed by atoms with Crippen molar-refractivity contribution < 1.29 is 31.8 Å². The number of carbonyl (C=O) groups is 1. The molecule has 0 bridgehead atoms. The number of amides is 2. The molecule has 1 aromatic heterocycles. The minimum Gasteiger partial charge on any atom is -0.437 e. The Balaban J connectivity index is 1.37. The lowest BCUT2D eigenvalue weighted by Crippen LogP contribution is -2.54. The van der Waals surface area contributed by atoms with Crippen LogP contribution in [0.5, 0.6) is 11.6 Å². The Kier molecular flexibility index (Phi) is 5.46. The largest absolute Gasteiger partial charge is 0.437 e. The first-order chi connectivity index (χ1) is 16.1. The summed E-state index contributed by atoms with van der Waals surface area (Å²) in [5.41, 5.74) is -2.01. The predicted octanol–water partition coefficient (Wildman–Crippen LogP) is 5.95. The third-order valence-electron chi connectivity index (χ3n) is 7.20. The molecule has 1 saturated heterocycles. The Morgan fingerprint density at radius 3 is 2.50 bits per heavy atom. The number of urea groups is 1. The molecule has 0 radical (unpaired) electrons. The van der Waals surface area contributed by atoms with Gasteiger partial charge in [-0.1, -0.05) is 6.42 Å².